The summed E-state index contributed by atoms with van der Waals surface area (Å²) in [7, 11) is 0. The number of aliphatic hydroxyl groups is 1. The Bertz CT molecular complexity index is 210. The molecule has 0 aromatic carbocycles. The van der Waals surface area contributed by atoms with Gasteiger partial charge in [0, 0.05) is 32.2 Å². The van der Waals surface area contributed by atoms with Crippen LogP contribution in [0.25, 0.3) is 0 Å². The summed E-state index contributed by atoms with van der Waals surface area (Å²) < 4.78 is 5.16. The van der Waals surface area contributed by atoms with Gasteiger partial charge in [-0.3, -0.25) is 0 Å². The van der Waals surface area contributed by atoms with Crippen molar-refractivity contribution in [2.75, 3.05) is 32.9 Å². The van der Waals surface area contributed by atoms with E-state index in [1.165, 1.54) is 0 Å². The molecule has 2 N–H and O–H groups in total. The molecule has 2 aliphatic heterocycles. The first-order valence-electron chi connectivity index (χ1n) is 5.03. The third-order valence-corrected chi connectivity index (χ3v) is 2.76. The van der Waals surface area contributed by atoms with E-state index in [-0.39, 0.29) is 24.6 Å². The van der Waals surface area contributed by atoms with E-state index in [1.807, 2.05) is 0 Å². The smallest absolute Gasteiger partial charge is 0.317 e. The van der Waals surface area contributed by atoms with Crippen molar-refractivity contribution >= 4 is 6.03 Å². The maximum atomic E-state index is 11.5. The predicted molar refractivity (Wildman–Crippen MR) is 49.9 cm³/mol. The molecule has 5 heteroatoms. The van der Waals surface area contributed by atoms with Gasteiger partial charge in [-0.1, -0.05) is 0 Å². The monoisotopic (exact) mass is 200 g/mol. The zero-order chi connectivity index (χ0) is 9.97. The van der Waals surface area contributed by atoms with Crippen molar-refractivity contribution in [2.24, 2.45) is 5.92 Å². The van der Waals surface area contributed by atoms with E-state index in [4.69, 9.17) is 9.84 Å². The highest BCUT2D eigenvalue weighted by atomic mass is 16.5. The summed E-state index contributed by atoms with van der Waals surface area (Å²) in [5.41, 5.74) is 0. The molecular weight excluding hydrogens is 184 g/mol. The van der Waals surface area contributed by atoms with Crippen molar-refractivity contribution in [3.05, 3.63) is 0 Å². The lowest BCUT2D eigenvalue weighted by Crippen LogP contribution is -2.56. The Hall–Kier alpha value is -0.810. The Labute approximate surface area is 83.0 Å². The third-order valence-electron chi connectivity index (χ3n) is 2.76. The number of rotatable bonds is 2. The molecule has 0 radical (unpaired) electrons. The van der Waals surface area contributed by atoms with Gasteiger partial charge in [0.05, 0.1) is 12.6 Å². The van der Waals surface area contributed by atoms with Crippen molar-refractivity contribution in [3.8, 4) is 0 Å². The molecule has 0 saturated carbocycles. The van der Waals surface area contributed by atoms with Crippen LogP contribution in [0.3, 0.4) is 0 Å². The van der Waals surface area contributed by atoms with Crippen molar-refractivity contribution in [1.82, 2.24) is 10.2 Å². The van der Waals surface area contributed by atoms with E-state index in [0.717, 1.165) is 13.0 Å². The molecule has 5 nitrogen and oxygen atoms in total. The highest BCUT2D eigenvalue weighted by Crippen LogP contribution is 2.15. The Morgan fingerprint density at radius 1 is 1.57 bits per heavy atom. The molecule has 2 saturated heterocycles. The second-order valence-electron chi connectivity index (χ2n) is 3.96. The average Bonchev–Trinajstić information content (AvgIpc) is 2.54. The van der Waals surface area contributed by atoms with Gasteiger partial charge in [-0.25, -0.2) is 4.79 Å². The fraction of sp³-hybridized carbons (Fsp3) is 0.889. The van der Waals surface area contributed by atoms with Gasteiger partial charge in [-0.15, -0.1) is 0 Å². The number of nitrogens with zero attached hydrogens (tertiary/aromatic N) is 1. The number of hydrogen-bond acceptors (Lipinski definition) is 3. The highest BCUT2D eigenvalue weighted by Gasteiger charge is 2.31. The van der Waals surface area contributed by atoms with Crippen LogP contribution >= 0.6 is 0 Å². The third kappa shape index (κ3) is 1.99. The molecule has 2 fully saturated rings. The Morgan fingerprint density at radius 2 is 2.36 bits per heavy atom. The highest BCUT2D eigenvalue weighted by molar-refractivity contribution is 5.75. The summed E-state index contributed by atoms with van der Waals surface area (Å²) in [6, 6.07) is 0.154. The first-order valence-corrected chi connectivity index (χ1v) is 5.03. The van der Waals surface area contributed by atoms with Gasteiger partial charge in [0.1, 0.15) is 0 Å². The van der Waals surface area contributed by atoms with Gasteiger partial charge in [-0.2, -0.15) is 0 Å². The molecule has 0 aromatic rings. The molecule has 80 valence electrons. The van der Waals surface area contributed by atoms with E-state index in [9.17, 15) is 4.79 Å². The largest absolute Gasteiger partial charge is 0.396 e. The van der Waals surface area contributed by atoms with E-state index in [2.05, 4.69) is 5.32 Å². The number of carbonyl (C=O) groups excluding carboxylic acids is 1. The zero-order valence-electron chi connectivity index (χ0n) is 8.11. The lowest BCUT2D eigenvalue weighted by molar-refractivity contribution is 0.0758. The van der Waals surface area contributed by atoms with Crippen LogP contribution in [0.5, 0.6) is 0 Å². The minimum Gasteiger partial charge on any atom is -0.396 e. The lowest BCUT2D eigenvalue weighted by atomic mass is 10.0. The molecular formula is C9H16N2O3. The number of ether oxygens (including phenoxy) is 1. The van der Waals surface area contributed by atoms with Crippen molar-refractivity contribution in [1.29, 1.82) is 0 Å². The van der Waals surface area contributed by atoms with E-state index in [1.54, 1.807) is 4.90 Å². The maximum absolute atomic E-state index is 11.5. The maximum Gasteiger partial charge on any atom is 0.317 e. The fourth-order valence-electron chi connectivity index (χ4n) is 1.77. The molecule has 2 rings (SSSR count). The van der Waals surface area contributed by atoms with Gasteiger partial charge < -0.3 is 20.1 Å². The second-order valence-corrected chi connectivity index (χ2v) is 3.96. The topological polar surface area (TPSA) is 61.8 Å². The van der Waals surface area contributed by atoms with Gasteiger partial charge >= 0.3 is 6.03 Å². The van der Waals surface area contributed by atoms with Gasteiger partial charge in [0.15, 0.2) is 0 Å². The Kier molecular flexibility index (Phi) is 2.88. The van der Waals surface area contributed by atoms with Crippen LogP contribution in [0.2, 0.25) is 0 Å². The molecule has 0 bridgehead atoms. The summed E-state index contributed by atoms with van der Waals surface area (Å²) in [5, 5.41) is 11.7. The quantitative estimate of drug-likeness (QED) is 0.626. The fourth-order valence-corrected chi connectivity index (χ4v) is 1.77. The van der Waals surface area contributed by atoms with E-state index >= 15 is 0 Å². The molecule has 2 amide bonds. The number of nitrogens with one attached hydrogen (secondary N) is 1. The van der Waals surface area contributed by atoms with E-state index in [0.29, 0.717) is 19.7 Å². The minimum absolute atomic E-state index is 0.0230. The number of carbonyl (C=O) groups is 1. The first kappa shape index (κ1) is 9.73. The zero-order valence-corrected chi connectivity index (χ0v) is 8.11. The van der Waals surface area contributed by atoms with Crippen molar-refractivity contribution in [3.63, 3.8) is 0 Å². The number of urea groups is 1. The Balaban J connectivity index is 1.69. The van der Waals surface area contributed by atoms with Crippen LogP contribution in [0.15, 0.2) is 0 Å². The summed E-state index contributed by atoms with van der Waals surface area (Å²) >= 11 is 0. The molecule has 1 atom stereocenters. The minimum atomic E-state index is -0.0230. The standard InChI is InChI=1S/C9H16N2O3/c12-5-7-3-11(4-7)9(13)10-8-1-2-14-6-8/h7-8,12H,1-6H2,(H,10,13). The first-order chi connectivity index (χ1) is 6.79. The molecule has 0 aliphatic carbocycles. The summed E-state index contributed by atoms with van der Waals surface area (Å²) in [4.78, 5) is 13.2. The predicted octanol–water partition coefficient (Wildman–Crippen LogP) is -0.591. The van der Waals surface area contributed by atoms with Crippen molar-refractivity contribution < 1.29 is 14.6 Å². The van der Waals surface area contributed by atoms with E-state index < -0.39 is 0 Å². The van der Waals surface area contributed by atoms with Crippen LogP contribution in [-0.4, -0.2) is 55.0 Å². The summed E-state index contributed by atoms with van der Waals surface area (Å²) in [6.07, 6.45) is 0.906. The average molecular weight is 200 g/mol. The van der Waals surface area contributed by atoms with Crippen LogP contribution in [-0.2, 0) is 4.74 Å². The van der Waals surface area contributed by atoms with Crippen LogP contribution in [0, 0.1) is 5.92 Å². The molecule has 2 aliphatic rings. The second kappa shape index (κ2) is 4.14. The van der Waals surface area contributed by atoms with Gasteiger partial charge in [0.2, 0.25) is 0 Å². The van der Waals surface area contributed by atoms with Crippen molar-refractivity contribution in [2.45, 2.75) is 12.5 Å². The molecule has 0 spiro atoms. The van der Waals surface area contributed by atoms with Crippen LogP contribution < -0.4 is 5.32 Å². The summed E-state index contributed by atoms with van der Waals surface area (Å²) in [6.45, 7) is 2.90. The lowest BCUT2D eigenvalue weighted by Gasteiger charge is -2.38. The summed E-state index contributed by atoms with van der Waals surface area (Å²) in [5.74, 6) is 0.278. The molecule has 14 heavy (non-hydrogen) atoms. The number of amides is 2. The Morgan fingerprint density at radius 3 is 2.93 bits per heavy atom. The van der Waals surface area contributed by atoms with Gasteiger partial charge in [0.25, 0.3) is 0 Å². The van der Waals surface area contributed by atoms with Gasteiger partial charge in [-0.05, 0) is 6.42 Å². The SMILES string of the molecule is O=C(NC1CCOC1)N1CC(CO)C1. The number of likely N-dealkylation sites (tertiary alicyclic amines) is 1. The number of hydrogen-bond donors (Lipinski definition) is 2. The molecule has 2 heterocycles. The van der Waals surface area contributed by atoms with Crippen LogP contribution in [0.1, 0.15) is 6.42 Å². The normalized spacial score (nSPS) is 27.5. The number of aliphatic hydroxyl groups excluding tert-OH is 1. The molecule has 0 aromatic heterocycles. The molecule has 1 unspecified atom stereocenters. The van der Waals surface area contributed by atoms with Crippen LogP contribution in [0.4, 0.5) is 4.79 Å².